The predicted molar refractivity (Wildman–Crippen MR) is 67.8 cm³/mol. The van der Waals surface area contributed by atoms with Gasteiger partial charge in [0, 0.05) is 11.3 Å². The topological polar surface area (TPSA) is 50.9 Å². The standard InChI is InChI=1S/C13H14FN3/c1-8-10(14)4-3-5-12(8)17-13-7-6-11(15)9(2)16-13/h3-7H,15H2,1-2H3,(H,16,17). The number of nitrogens with one attached hydrogen (secondary N) is 1. The maximum atomic E-state index is 13.3. The second-order valence-corrected chi connectivity index (χ2v) is 3.91. The lowest BCUT2D eigenvalue weighted by molar-refractivity contribution is 0.619. The molecule has 3 nitrogen and oxygen atoms in total. The highest BCUT2D eigenvalue weighted by Crippen LogP contribution is 2.22. The Labute approximate surface area is 99.5 Å². The van der Waals surface area contributed by atoms with Crippen molar-refractivity contribution in [3.05, 3.63) is 47.4 Å². The number of hydrogen-bond donors (Lipinski definition) is 2. The van der Waals surface area contributed by atoms with Gasteiger partial charge in [-0.25, -0.2) is 9.37 Å². The Morgan fingerprint density at radius 1 is 1.18 bits per heavy atom. The van der Waals surface area contributed by atoms with Crippen LogP contribution >= 0.6 is 0 Å². The van der Waals surface area contributed by atoms with Crippen LogP contribution in [0.15, 0.2) is 30.3 Å². The van der Waals surface area contributed by atoms with Gasteiger partial charge in [0.05, 0.1) is 11.4 Å². The summed E-state index contributed by atoms with van der Waals surface area (Å²) in [4.78, 5) is 4.28. The second-order valence-electron chi connectivity index (χ2n) is 3.91. The number of aryl methyl sites for hydroxylation is 1. The van der Waals surface area contributed by atoms with E-state index in [1.54, 1.807) is 25.1 Å². The summed E-state index contributed by atoms with van der Waals surface area (Å²) in [5, 5.41) is 3.07. The molecular formula is C13H14FN3. The van der Waals surface area contributed by atoms with Crippen LogP contribution in [0.5, 0.6) is 0 Å². The van der Waals surface area contributed by atoms with E-state index in [9.17, 15) is 4.39 Å². The molecule has 4 heteroatoms. The van der Waals surface area contributed by atoms with Gasteiger partial charge in [-0.2, -0.15) is 0 Å². The highest BCUT2D eigenvalue weighted by atomic mass is 19.1. The highest BCUT2D eigenvalue weighted by molar-refractivity contribution is 5.62. The van der Waals surface area contributed by atoms with Gasteiger partial charge in [0.25, 0.3) is 0 Å². The fourth-order valence-electron chi connectivity index (χ4n) is 1.52. The largest absolute Gasteiger partial charge is 0.397 e. The summed E-state index contributed by atoms with van der Waals surface area (Å²) in [6.07, 6.45) is 0. The average Bonchev–Trinajstić information content (AvgIpc) is 2.30. The third-order valence-corrected chi connectivity index (χ3v) is 2.66. The monoisotopic (exact) mass is 231 g/mol. The molecule has 0 saturated carbocycles. The van der Waals surface area contributed by atoms with Gasteiger partial charge in [-0.15, -0.1) is 0 Å². The van der Waals surface area contributed by atoms with Crippen LogP contribution in [0.4, 0.5) is 21.6 Å². The summed E-state index contributed by atoms with van der Waals surface area (Å²) in [6.45, 7) is 3.56. The van der Waals surface area contributed by atoms with Gasteiger partial charge >= 0.3 is 0 Å². The van der Waals surface area contributed by atoms with E-state index in [4.69, 9.17) is 5.73 Å². The van der Waals surface area contributed by atoms with Gasteiger partial charge < -0.3 is 11.1 Å². The van der Waals surface area contributed by atoms with Crippen LogP contribution in [-0.4, -0.2) is 4.98 Å². The van der Waals surface area contributed by atoms with Crippen molar-refractivity contribution in [3.8, 4) is 0 Å². The van der Waals surface area contributed by atoms with E-state index in [-0.39, 0.29) is 5.82 Å². The van der Waals surface area contributed by atoms with Gasteiger partial charge in [-0.3, -0.25) is 0 Å². The van der Waals surface area contributed by atoms with Gasteiger partial charge in [0.15, 0.2) is 0 Å². The van der Waals surface area contributed by atoms with Crippen LogP contribution in [0, 0.1) is 19.7 Å². The summed E-state index contributed by atoms with van der Waals surface area (Å²) < 4.78 is 13.3. The molecule has 3 N–H and O–H groups in total. The Kier molecular flexibility index (Phi) is 2.95. The third-order valence-electron chi connectivity index (χ3n) is 2.66. The Hall–Kier alpha value is -2.10. The van der Waals surface area contributed by atoms with Gasteiger partial charge in [0.2, 0.25) is 0 Å². The highest BCUT2D eigenvalue weighted by Gasteiger charge is 2.04. The molecule has 0 bridgehead atoms. The van der Waals surface area contributed by atoms with E-state index in [1.807, 2.05) is 13.0 Å². The molecule has 0 amide bonds. The van der Waals surface area contributed by atoms with E-state index in [2.05, 4.69) is 10.3 Å². The first-order valence-electron chi connectivity index (χ1n) is 5.33. The number of aromatic nitrogens is 1. The van der Waals surface area contributed by atoms with Crippen molar-refractivity contribution in [1.29, 1.82) is 0 Å². The molecule has 88 valence electrons. The molecule has 0 atom stereocenters. The lowest BCUT2D eigenvalue weighted by atomic mass is 10.2. The minimum atomic E-state index is -0.234. The van der Waals surface area contributed by atoms with E-state index < -0.39 is 0 Å². The van der Waals surface area contributed by atoms with Crippen molar-refractivity contribution in [1.82, 2.24) is 4.98 Å². The lowest BCUT2D eigenvalue weighted by Crippen LogP contribution is -2.00. The molecule has 1 aromatic carbocycles. The minimum absolute atomic E-state index is 0.234. The normalized spacial score (nSPS) is 10.3. The van der Waals surface area contributed by atoms with Crippen LogP contribution in [0.2, 0.25) is 0 Å². The number of nitrogens with two attached hydrogens (primary N) is 1. The maximum Gasteiger partial charge on any atom is 0.130 e. The number of halogens is 1. The van der Waals surface area contributed by atoms with Crippen LogP contribution in [0.3, 0.4) is 0 Å². The quantitative estimate of drug-likeness (QED) is 0.834. The molecule has 17 heavy (non-hydrogen) atoms. The predicted octanol–water partition coefficient (Wildman–Crippen LogP) is 3.16. The molecule has 0 spiro atoms. The zero-order valence-corrected chi connectivity index (χ0v) is 9.79. The zero-order valence-electron chi connectivity index (χ0n) is 9.79. The molecule has 0 aliphatic rings. The summed E-state index contributed by atoms with van der Waals surface area (Å²) >= 11 is 0. The van der Waals surface area contributed by atoms with Gasteiger partial charge in [-0.05, 0) is 38.1 Å². The number of benzene rings is 1. The first kappa shape index (κ1) is 11.4. The van der Waals surface area contributed by atoms with E-state index in [0.29, 0.717) is 22.8 Å². The minimum Gasteiger partial charge on any atom is -0.397 e. The molecule has 0 unspecified atom stereocenters. The van der Waals surface area contributed by atoms with Crippen molar-refractivity contribution in [2.75, 3.05) is 11.1 Å². The molecule has 0 aliphatic carbocycles. The Balaban J connectivity index is 2.31. The number of nitrogens with zero attached hydrogens (tertiary/aromatic N) is 1. The zero-order chi connectivity index (χ0) is 12.4. The summed E-state index contributed by atoms with van der Waals surface area (Å²) in [7, 11) is 0. The smallest absolute Gasteiger partial charge is 0.130 e. The van der Waals surface area contributed by atoms with E-state index >= 15 is 0 Å². The van der Waals surface area contributed by atoms with E-state index in [0.717, 1.165) is 5.69 Å². The van der Waals surface area contributed by atoms with E-state index in [1.165, 1.54) is 6.07 Å². The molecule has 0 fully saturated rings. The Bertz CT molecular complexity index is 552. The molecule has 2 rings (SSSR count). The number of nitrogen functional groups attached to an aromatic ring is 1. The molecule has 2 aromatic rings. The summed E-state index contributed by atoms with van der Waals surface area (Å²) in [5.41, 5.74) is 8.37. The number of rotatable bonds is 2. The second kappa shape index (κ2) is 4.41. The fraction of sp³-hybridized carbons (Fsp3) is 0.154. The Morgan fingerprint density at radius 2 is 1.94 bits per heavy atom. The van der Waals surface area contributed by atoms with Crippen LogP contribution in [0.1, 0.15) is 11.3 Å². The van der Waals surface area contributed by atoms with Crippen molar-refractivity contribution in [2.45, 2.75) is 13.8 Å². The van der Waals surface area contributed by atoms with Crippen LogP contribution in [0.25, 0.3) is 0 Å². The SMILES string of the molecule is Cc1nc(Nc2cccc(F)c2C)ccc1N. The first-order valence-corrected chi connectivity index (χ1v) is 5.33. The van der Waals surface area contributed by atoms with Crippen molar-refractivity contribution in [2.24, 2.45) is 0 Å². The van der Waals surface area contributed by atoms with Gasteiger partial charge in [-0.1, -0.05) is 6.07 Å². The summed E-state index contributed by atoms with van der Waals surface area (Å²) in [5.74, 6) is 0.424. The lowest BCUT2D eigenvalue weighted by Gasteiger charge is -2.10. The third kappa shape index (κ3) is 2.36. The number of pyridine rings is 1. The fourth-order valence-corrected chi connectivity index (χ4v) is 1.52. The van der Waals surface area contributed by atoms with Gasteiger partial charge in [0.1, 0.15) is 11.6 Å². The molecular weight excluding hydrogens is 217 g/mol. The first-order chi connectivity index (χ1) is 8.08. The molecule has 0 radical (unpaired) electrons. The van der Waals surface area contributed by atoms with Crippen molar-refractivity contribution < 1.29 is 4.39 Å². The van der Waals surface area contributed by atoms with Crippen molar-refractivity contribution in [3.63, 3.8) is 0 Å². The maximum absolute atomic E-state index is 13.3. The molecule has 1 aromatic heterocycles. The molecule has 0 aliphatic heterocycles. The molecule has 0 saturated heterocycles. The number of hydrogen-bond acceptors (Lipinski definition) is 3. The van der Waals surface area contributed by atoms with Crippen LogP contribution in [-0.2, 0) is 0 Å². The van der Waals surface area contributed by atoms with Crippen molar-refractivity contribution >= 4 is 17.2 Å². The Morgan fingerprint density at radius 3 is 2.65 bits per heavy atom. The summed E-state index contributed by atoms with van der Waals surface area (Å²) in [6, 6.07) is 8.45. The average molecular weight is 231 g/mol. The van der Waals surface area contributed by atoms with Crippen LogP contribution < -0.4 is 11.1 Å². The molecule has 1 heterocycles. The number of anilines is 3.